The highest BCUT2D eigenvalue weighted by Gasteiger charge is 2.27. The van der Waals surface area contributed by atoms with Crippen molar-refractivity contribution in [3.8, 4) is 34.6 Å². The zero-order valence-corrected chi connectivity index (χ0v) is 43.0. The summed E-state index contributed by atoms with van der Waals surface area (Å²) < 4.78 is 4.76. The van der Waals surface area contributed by atoms with Crippen LogP contribution in [0.4, 0.5) is 22.7 Å². The van der Waals surface area contributed by atoms with Crippen LogP contribution in [0.1, 0.15) is 55.9 Å². The summed E-state index contributed by atoms with van der Waals surface area (Å²) in [6, 6.07) is 81.2. The van der Waals surface area contributed by atoms with Crippen molar-refractivity contribution in [2.75, 3.05) is 10.6 Å². The summed E-state index contributed by atoms with van der Waals surface area (Å²) in [6.45, 7) is 6.10. The summed E-state index contributed by atoms with van der Waals surface area (Å²) >= 11 is 0. The van der Waals surface area contributed by atoms with Crippen molar-refractivity contribution in [3.05, 3.63) is 259 Å². The molecule has 10 aromatic carbocycles. The third-order valence-electron chi connectivity index (χ3n) is 14.4. The molecule has 76 heavy (non-hydrogen) atoms. The number of para-hydroxylation sites is 4. The maximum absolute atomic E-state index is 9.86. The molecular weight excluding hydrogens is 925 g/mol. The first-order valence-corrected chi connectivity index (χ1v) is 26.1. The van der Waals surface area contributed by atoms with E-state index in [9.17, 15) is 5.26 Å². The van der Waals surface area contributed by atoms with Crippen LogP contribution in [0, 0.1) is 22.7 Å². The molecule has 366 valence electrons. The highest BCUT2D eigenvalue weighted by atomic mass is 15.1. The van der Waals surface area contributed by atoms with Crippen molar-refractivity contribution in [1.29, 1.82) is 10.5 Å². The molecule has 0 amide bonds. The molecule has 0 atom stereocenters. The van der Waals surface area contributed by atoms with Crippen molar-refractivity contribution in [3.63, 3.8) is 0 Å². The number of allylic oxidation sites excluding steroid dienone is 4. The number of aromatic nitrogens is 2. The third-order valence-corrected chi connectivity index (χ3v) is 14.4. The Morgan fingerprint density at radius 2 is 1.05 bits per heavy atom. The lowest BCUT2D eigenvalue weighted by Crippen LogP contribution is -2.14. The van der Waals surface area contributed by atoms with Gasteiger partial charge in [0.05, 0.1) is 45.3 Å². The first-order valence-electron chi connectivity index (χ1n) is 26.1. The second kappa shape index (κ2) is 21.3. The molecule has 1 aliphatic rings. The first kappa shape index (κ1) is 48.4. The van der Waals surface area contributed by atoms with Gasteiger partial charge in [0.1, 0.15) is 0 Å². The fourth-order valence-electron chi connectivity index (χ4n) is 11.1. The van der Waals surface area contributed by atoms with E-state index in [2.05, 4.69) is 227 Å². The fourth-order valence-corrected chi connectivity index (χ4v) is 11.1. The summed E-state index contributed by atoms with van der Waals surface area (Å²) in [7, 11) is 0. The van der Waals surface area contributed by atoms with Gasteiger partial charge in [-0.15, -0.1) is 0 Å². The monoisotopic (exact) mass is 980 g/mol. The van der Waals surface area contributed by atoms with Crippen LogP contribution < -0.4 is 10.6 Å². The Morgan fingerprint density at radius 3 is 1.66 bits per heavy atom. The lowest BCUT2D eigenvalue weighted by atomic mass is 9.79. The van der Waals surface area contributed by atoms with Crippen molar-refractivity contribution in [1.82, 2.24) is 9.13 Å². The second-order valence-corrected chi connectivity index (χ2v) is 18.7. The smallest absolute Gasteiger partial charge is 0.0991 e. The van der Waals surface area contributed by atoms with E-state index in [-0.39, 0.29) is 0 Å². The predicted octanol–water partition coefficient (Wildman–Crippen LogP) is 18.5. The number of hydrogen-bond donors (Lipinski definition) is 1. The Labute approximate surface area is 444 Å². The zero-order valence-electron chi connectivity index (χ0n) is 43.0. The van der Waals surface area contributed by atoms with Gasteiger partial charge in [0.2, 0.25) is 0 Å². The normalized spacial score (nSPS) is 12.4. The van der Waals surface area contributed by atoms with Crippen LogP contribution >= 0.6 is 0 Å². The molecule has 0 saturated carbocycles. The van der Waals surface area contributed by atoms with E-state index in [0.717, 1.165) is 53.2 Å². The van der Waals surface area contributed by atoms with Crippen molar-refractivity contribution in [2.45, 2.75) is 40.0 Å². The fraction of sp³-hybridized carbons (Fsp3) is 0.0857. The van der Waals surface area contributed by atoms with E-state index in [0.29, 0.717) is 16.8 Å². The molecular formula is C70H56N6. The molecule has 0 unspecified atom stereocenters. The molecule has 0 saturated heterocycles. The Morgan fingerprint density at radius 1 is 0.526 bits per heavy atom. The third kappa shape index (κ3) is 8.83. The molecule has 6 nitrogen and oxygen atoms in total. The van der Waals surface area contributed by atoms with E-state index < -0.39 is 0 Å². The molecule has 12 aromatic rings. The summed E-state index contributed by atoms with van der Waals surface area (Å²) in [5, 5.41) is 25.6. The van der Waals surface area contributed by atoms with E-state index in [1.54, 1.807) is 24.3 Å². The molecule has 2 heterocycles. The van der Waals surface area contributed by atoms with Crippen LogP contribution in [0.25, 0.3) is 82.5 Å². The minimum atomic E-state index is 0.640. The van der Waals surface area contributed by atoms with Gasteiger partial charge in [0.25, 0.3) is 0 Å². The summed E-state index contributed by atoms with van der Waals surface area (Å²) in [5.74, 6) is 0. The number of anilines is 4. The summed E-state index contributed by atoms with van der Waals surface area (Å²) in [5.41, 5.74) is 24.1. The lowest BCUT2D eigenvalue weighted by molar-refractivity contribution is 1.000. The molecule has 6 heteroatoms. The predicted molar refractivity (Wildman–Crippen MR) is 320 cm³/mol. The number of fused-ring (bicyclic) bond motifs is 6. The van der Waals surface area contributed by atoms with Gasteiger partial charge < -0.3 is 19.8 Å². The van der Waals surface area contributed by atoms with Gasteiger partial charge in [-0.05, 0) is 186 Å². The van der Waals surface area contributed by atoms with Crippen LogP contribution in [-0.4, -0.2) is 9.13 Å². The number of nitrogen functional groups attached to an aromatic ring is 1. The van der Waals surface area contributed by atoms with E-state index >= 15 is 0 Å². The Balaban J connectivity index is 0.000000506. The number of rotatable bonds is 8. The average Bonchev–Trinajstić information content (AvgIpc) is 4.01. The SMILES string of the molecule is CC.CC=CC/C=C1/CCc2c(N(c3ccc(C#N)cc3)c3ccc4c(c3)c3ccccc3n4-c3ccccc3)ccc3ccc(-c4ccc5c(c4)c4ccccc4n5-c4ccccc4)c1c23.N#Cc1ccc(N)cc1. The molecule has 0 bridgehead atoms. The topological polar surface area (TPSA) is 86.7 Å². The first-order chi connectivity index (χ1) is 37.5. The maximum atomic E-state index is 9.86. The van der Waals surface area contributed by atoms with Crippen LogP contribution in [0.15, 0.2) is 237 Å². The number of aryl methyl sites for hydroxylation is 1. The minimum Gasteiger partial charge on any atom is -0.399 e. The molecule has 13 rings (SSSR count). The van der Waals surface area contributed by atoms with Crippen LogP contribution in [0.3, 0.4) is 0 Å². The van der Waals surface area contributed by atoms with E-state index in [1.165, 1.54) is 76.7 Å². The van der Waals surface area contributed by atoms with Crippen LogP contribution in [0.2, 0.25) is 0 Å². The Hall–Kier alpha value is -9.88. The van der Waals surface area contributed by atoms with Gasteiger partial charge in [-0.1, -0.05) is 129 Å². The van der Waals surface area contributed by atoms with Crippen molar-refractivity contribution >= 4 is 82.7 Å². The van der Waals surface area contributed by atoms with Crippen LogP contribution in [0.5, 0.6) is 0 Å². The zero-order chi connectivity index (χ0) is 52.1. The number of nitriles is 2. The van der Waals surface area contributed by atoms with Gasteiger partial charge >= 0.3 is 0 Å². The quantitative estimate of drug-likeness (QED) is 0.121. The second-order valence-electron chi connectivity index (χ2n) is 18.7. The molecule has 2 aromatic heterocycles. The molecule has 1 aliphatic carbocycles. The molecule has 0 aliphatic heterocycles. The lowest BCUT2D eigenvalue weighted by Gasteiger charge is -2.32. The summed E-state index contributed by atoms with van der Waals surface area (Å²) in [6.07, 6.45) is 9.55. The maximum Gasteiger partial charge on any atom is 0.0991 e. The van der Waals surface area contributed by atoms with Crippen molar-refractivity contribution in [2.24, 2.45) is 0 Å². The highest BCUT2D eigenvalue weighted by Crippen LogP contribution is 2.49. The van der Waals surface area contributed by atoms with Gasteiger partial charge in [-0.2, -0.15) is 10.5 Å². The highest BCUT2D eigenvalue weighted by molar-refractivity contribution is 6.13. The van der Waals surface area contributed by atoms with E-state index in [1.807, 2.05) is 32.0 Å². The number of benzene rings is 10. The van der Waals surface area contributed by atoms with Crippen molar-refractivity contribution < 1.29 is 0 Å². The minimum absolute atomic E-state index is 0.640. The number of hydrogen-bond acceptors (Lipinski definition) is 4. The van der Waals surface area contributed by atoms with Gasteiger partial charge in [0.15, 0.2) is 0 Å². The Kier molecular flexibility index (Phi) is 13.6. The van der Waals surface area contributed by atoms with E-state index in [4.69, 9.17) is 11.0 Å². The molecule has 0 radical (unpaired) electrons. The molecule has 0 fully saturated rings. The molecule has 2 N–H and O–H groups in total. The molecule has 0 spiro atoms. The Bertz CT molecular complexity index is 4240. The van der Waals surface area contributed by atoms with Gasteiger partial charge in [0, 0.05) is 55.7 Å². The van der Waals surface area contributed by atoms with Crippen LogP contribution in [-0.2, 0) is 6.42 Å². The number of nitrogens with zero attached hydrogens (tertiary/aromatic N) is 5. The average molecular weight is 981 g/mol. The largest absolute Gasteiger partial charge is 0.399 e. The van der Waals surface area contributed by atoms with Gasteiger partial charge in [-0.25, -0.2) is 0 Å². The summed E-state index contributed by atoms with van der Waals surface area (Å²) in [4.78, 5) is 2.42. The van der Waals surface area contributed by atoms with Gasteiger partial charge in [-0.3, -0.25) is 0 Å². The standard InChI is InChI=1S/C61H44N4.C7H6N2.C2H6/c1-2-3-6-15-42-27-34-52-57(63(47-30-24-41(40-62)25-31-47)48-32-37-59-54(39-48)51-21-12-14-23-56(51)65(59)46-18-9-5-10-19-46)35-28-43-26-33-49(60(42)61(43)52)44-29-36-58-53(38-44)50-20-11-13-22-55(50)64(58)45-16-7-4-8-17-45;8-5-6-1-3-7(9)4-2-6;1-2/h2-5,7-26,28-33,35-39H,6,27,34H2,1H3;1-4H,9H2;1-2H3/b3-2?,42-15-;;. The number of nitrogens with two attached hydrogens (primary N) is 1.